The summed E-state index contributed by atoms with van der Waals surface area (Å²) in [6.07, 6.45) is 3.40. The van der Waals surface area contributed by atoms with Gasteiger partial charge in [-0.3, -0.25) is 14.9 Å². The zero-order valence-corrected chi connectivity index (χ0v) is 18.2. The molecule has 0 aliphatic rings. The van der Waals surface area contributed by atoms with Gasteiger partial charge in [-0.2, -0.15) is 0 Å². The van der Waals surface area contributed by atoms with Crippen LogP contribution in [-0.4, -0.2) is 31.1 Å². The third kappa shape index (κ3) is 6.59. The SMILES string of the molecule is CCC(=O)Nc1cc(NC(=S)NC(=O)/C=C/c2ccc(OC)c(OC)c2)ccc1C. The Morgan fingerprint density at radius 3 is 2.43 bits per heavy atom. The number of carbonyl (C=O) groups excluding carboxylic acids is 2. The largest absolute Gasteiger partial charge is 0.493 e. The maximum absolute atomic E-state index is 12.2. The lowest BCUT2D eigenvalue weighted by atomic mass is 10.1. The number of nitrogens with one attached hydrogen (secondary N) is 3. The summed E-state index contributed by atoms with van der Waals surface area (Å²) in [6.45, 7) is 3.68. The molecule has 0 unspecified atom stereocenters. The molecule has 7 nitrogen and oxygen atoms in total. The van der Waals surface area contributed by atoms with Crippen molar-refractivity contribution in [3.05, 3.63) is 53.6 Å². The van der Waals surface area contributed by atoms with E-state index in [9.17, 15) is 9.59 Å². The van der Waals surface area contributed by atoms with Gasteiger partial charge in [-0.05, 0) is 60.6 Å². The van der Waals surface area contributed by atoms with Crippen molar-refractivity contribution in [1.82, 2.24) is 5.32 Å². The maximum Gasteiger partial charge on any atom is 0.250 e. The topological polar surface area (TPSA) is 88.7 Å². The van der Waals surface area contributed by atoms with Gasteiger partial charge in [0.15, 0.2) is 16.6 Å². The van der Waals surface area contributed by atoms with Crippen LogP contribution in [-0.2, 0) is 9.59 Å². The molecule has 0 spiro atoms. The van der Waals surface area contributed by atoms with E-state index in [0.29, 0.717) is 29.3 Å². The smallest absolute Gasteiger partial charge is 0.250 e. The fourth-order valence-corrected chi connectivity index (χ4v) is 2.74. The number of ether oxygens (including phenoxy) is 2. The van der Waals surface area contributed by atoms with E-state index >= 15 is 0 Å². The third-order valence-electron chi connectivity index (χ3n) is 4.16. The zero-order chi connectivity index (χ0) is 22.1. The second-order valence-electron chi connectivity index (χ2n) is 6.32. The van der Waals surface area contributed by atoms with E-state index in [1.54, 1.807) is 51.5 Å². The van der Waals surface area contributed by atoms with E-state index in [-0.39, 0.29) is 16.9 Å². The first kappa shape index (κ1) is 22.9. The molecule has 0 bridgehead atoms. The van der Waals surface area contributed by atoms with Crippen molar-refractivity contribution >= 4 is 46.6 Å². The Morgan fingerprint density at radius 2 is 1.77 bits per heavy atom. The summed E-state index contributed by atoms with van der Waals surface area (Å²) >= 11 is 5.20. The van der Waals surface area contributed by atoms with E-state index in [2.05, 4.69) is 16.0 Å². The van der Waals surface area contributed by atoms with Gasteiger partial charge in [-0.1, -0.05) is 19.1 Å². The van der Waals surface area contributed by atoms with Crippen LogP contribution in [0.1, 0.15) is 24.5 Å². The highest BCUT2D eigenvalue weighted by molar-refractivity contribution is 7.80. The Morgan fingerprint density at radius 1 is 1.03 bits per heavy atom. The number of thiocarbonyl (C=S) groups is 1. The molecule has 0 aromatic heterocycles. The predicted molar refractivity (Wildman–Crippen MR) is 123 cm³/mol. The van der Waals surface area contributed by atoms with Gasteiger partial charge in [0.25, 0.3) is 0 Å². The molecule has 0 heterocycles. The summed E-state index contributed by atoms with van der Waals surface area (Å²) in [4.78, 5) is 23.8. The van der Waals surface area contributed by atoms with Gasteiger partial charge < -0.3 is 20.1 Å². The molecular formula is C22H25N3O4S. The van der Waals surface area contributed by atoms with E-state index in [0.717, 1.165) is 11.1 Å². The molecule has 158 valence electrons. The molecule has 0 radical (unpaired) electrons. The van der Waals surface area contributed by atoms with Gasteiger partial charge in [-0.25, -0.2) is 0 Å². The summed E-state index contributed by atoms with van der Waals surface area (Å²) in [5, 5.41) is 8.51. The van der Waals surface area contributed by atoms with Crippen LogP contribution in [0.15, 0.2) is 42.5 Å². The Balaban J connectivity index is 1.98. The summed E-state index contributed by atoms with van der Waals surface area (Å²) in [7, 11) is 3.11. The van der Waals surface area contributed by atoms with Gasteiger partial charge in [0, 0.05) is 23.9 Å². The van der Waals surface area contributed by atoms with Gasteiger partial charge in [0.2, 0.25) is 11.8 Å². The molecule has 2 aromatic carbocycles. The van der Waals surface area contributed by atoms with Crippen molar-refractivity contribution < 1.29 is 19.1 Å². The van der Waals surface area contributed by atoms with Gasteiger partial charge in [0.1, 0.15) is 0 Å². The average molecular weight is 428 g/mol. The molecule has 0 aliphatic heterocycles. The van der Waals surface area contributed by atoms with Crippen molar-refractivity contribution in [2.24, 2.45) is 0 Å². The molecule has 30 heavy (non-hydrogen) atoms. The number of carbonyl (C=O) groups is 2. The third-order valence-corrected chi connectivity index (χ3v) is 4.37. The van der Waals surface area contributed by atoms with E-state index in [1.165, 1.54) is 6.08 Å². The molecule has 8 heteroatoms. The van der Waals surface area contributed by atoms with Crippen molar-refractivity contribution in [2.45, 2.75) is 20.3 Å². The molecule has 0 fully saturated rings. The van der Waals surface area contributed by atoms with Crippen molar-refractivity contribution in [2.75, 3.05) is 24.9 Å². The van der Waals surface area contributed by atoms with Gasteiger partial charge in [0.05, 0.1) is 14.2 Å². The maximum atomic E-state index is 12.2. The lowest BCUT2D eigenvalue weighted by Gasteiger charge is -2.12. The number of rotatable bonds is 7. The minimum Gasteiger partial charge on any atom is -0.493 e. The molecule has 2 aromatic rings. The predicted octanol–water partition coefficient (Wildman–Crippen LogP) is 3.89. The Hall–Kier alpha value is -3.39. The van der Waals surface area contributed by atoms with Crippen molar-refractivity contribution in [3.63, 3.8) is 0 Å². The highest BCUT2D eigenvalue weighted by atomic mass is 32.1. The highest BCUT2D eigenvalue weighted by Crippen LogP contribution is 2.28. The van der Waals surface area contributed by atoms with Crippen LogP contribution in [0.4, 0.5) is 11.4 Å². The number of aryl methyl sites for hydroxylation is 1. The van der Waals surface area contributed by atoms with Crippen LogP contribution in [0.5, 0.6) is 11.5 Å². The quantitative estimate of drug-likeness (QED) is 0.459. The number of amides is 2. The first-order valence-electron chi connectivity index (χ1n) is 9.28. The molecule has 2 rings (SSSR count). The second-order valence-corrected chi connectivity index (χ2v) is 6.73. The van der Waals surface area contributed by atoms with E-state index in [1.807, 2.05) is 19.1 Å². The number of anilines is 2. The van der Waals surface area contributed by atoms with Crippen LogP contribution in [0.3, 0.4) is 0 Å². The van der Waals surface area contributed by atoms with Crippen molar-refractivity contribution in [3.8, 4) is 11.5 Å². The molecule has 0 aliphatic carbocycles. The average Bonchev–Trinajstić information content (AvgIpc) is 2.74. The normalized spacial score (nSPS) is 10.4. The standard InChI is InChI=1S/C22H25N3O4S/c1-5-20(26)24-17-13-16(9-6-14(17)2)23-22(30)25-21(27)11-8-15-7-10-18(28-3)19(12-15)29-4/h6-13H,5H2,1-4H3,(H,24,26)(H2,23,25,27,30)/b11-8+. The minimum absolute atomic E-state index is 0.0774. The Kier molecular flexibility index (Phi) is 8.37. The Bertz CT molecular complexity index is 973. The van der Waals surface area contributed by atoms with Crippen LogP contribution >= 0.6 is 12.2 Å². The Labute approximate surface area is 181 Å². The van der Waals surface area contributed by atoms with Crippen LogP contribution < -0.4 is 25.4 Å². The zero-order valence-electron chi connectivity index (χ0n) is 17.4. The summed E-state index contributed by atoms with van der Waals surface area (Å²) < 4.78 is 10.4. The summed E-state index contributed by atoms with van der Waals surface area (Å²) in [5.41, 5.74) is 3.04. The van der Waals surface area contributed by atoms with Crippen LogP contribution in [0, 0.1) is 6.92 Å². The minimum atomic E-state index is -0.381. The summed E-state index contributed by atoms with van der Waals surface area (Å²) in [5.74, 6) is 0.722. The van der Waals surface area contributed by atoms with Crippen LogP contribution in [0.2, 0.25) is 0 Å². The molecule has 2 amide bonds. The van der Waals surface area contributed by atoms with Crippen molar-refractivity contribution in [1.29, 1.82) is 0 Å². The number of benzene rings is 2. The first-order chi connectivity index (χ1) is 14.4. The fraction of sp³-hybridized carbons (Fsp3) is 0.227. The number of hydrogen-bond donors (Lipinski definition) is 3. The molecule has 0 saturated carbocycles. The van der Waals surface area contributed by atoms with Gasteiger partial charge in [-0.15, -0.1) is 0 Å². The fourth-order valence-electron chi connectivity index (χ4n) is 2.52. The van der Waals surface area contributed by atoms with E-state index < -0.39 is 0 Å². The lowest BCUT2D eigenvalue weighted by Crippen LogP contribution is -2.32. The molecule has 3 N–H and O–H groups in total. The highest BCUT2D eigenvalue weighted by Gasteiger charge is 2.07. The lowest BCUT2D eigenvalue weighted by molar-refractivity contribution is -0.116. The van der Waals surface area contributed by atoms with E-state index in [4.69, 9.17) is 21.7 Å². The molecular weight excluding hydrogens is 402 g/mol. The second kappa shape index (κ2) is 11.0. The van der Waals surface area contributed by atoms with Crippen LogP contribution in [0.25, 0.3) is 6.08 Å². The summed E-state index contributed by atoms with van der Waals surface area (Å²) in [6, 6.07) is 10.8. The number of methoxy groups -OCH3 is 2. The first-order valence-corrected chi connectivity index (χ1v) is 9.69. The molecule has 0 atom stereocenters. The van der Waals surface area contributed by atoms with Gasteiger partial charge >= 0.3 is 0 Å². The number of hydrogen-bond acceptors (Lipinski definition) is 5. The molecule has 0 saturated heterocycles. The monoisotopic (exact) mass is 427 g/mol.